The van der Waals surface area contributed by atoms with E-state index < -0.39 is 11.9 Å². The molecule has 24 heavy (non-hydrogen) atoms. The highest BCUT2D eigenvalue weighted by Crippen LogP contribution is 2.25. The van der Waals surface area contributed by atoms with Gasteiger partial charge < -0.3 is 20.0 Å². The number of hydrogen-bond donors (Lipinski definition) is 2. The first kappa shape index (κ1) is 17.9. The van der Waals surface area contributed by atoms with Crippen LogP contribution in [0.15, 0.2) is 46.9 Å². The van der Waals surface area contributed by atoms with Crippen LogP contribution in [0.3, 0.4) is 0 Å². The highest BCUT2D eigenvalue weighted by Gasteiger charge is 2.12. The zero-order chi connectivity index (χ0) is 17.7. The lowest BCUT2D eigenvalue weighted by atomic mass is 10.2. The topological polar surface area (TPSA) is 90.5 Å². The average molecular weight is 408 g/mol. The molecule has 0 saturated carbocycles. The van der Waals surface area contributed by atoms with Gasteiger partial charge in [-0.25, -0.2) is 0 Å². The Morgan fingerprint density at radius 1 is 1.21 bits per heavy atom. The minimum atomic E-state index is -1.33. The van der Waals surface area contributed by atoms with Gasteiger partial charge in [0.05, 0.1) is 24.3 Å². The van der Waals surface area contributed by atoms with Crippen LogP contribution in [0, 0.1) is 0 Å². The Labute approximate surface area is 152 Å². The molecule has 0 unspecified atom stereocenters. The van der Waals surface area contributed by atoms with Crippen LogP contribution >= 0.6 is 28.1 Å². The summed E-state index contributed by atoms with van der Waals surface area (Å²) >= 11 is 8.38. The smallest absolute Gasteiger partial charge is 0.258 e. The number of aromatic carboxylic acids is 1. The number of rotatable bonds is 4. The Balaban J connectivity index is 2.15. The second kappa shape index (κ2) is 7.89. The Morgan fingerprint density at radius 2 is 1.92 bits per heavy atom. The molecule has 0 radical (unpaired) electrons. The van der Waals surface area contributed by atoms with E-state index in [4.69, 9.17) is 17.0 Å². The number of hydrogen-bond acceptors (Lipinski definition) is 5. The van der Waals surface area contributed by atoms with Crippen molar-refractivity contribution in [1.29, 1.82) is 0 Å². The van der Waals surface area contributed by atoms with Crippen molar-refractivity contribution in [3.63, 3.8) is 0 Å². The maximum atomic E-state index is 12.2. The summed E-state index contributed by atoms with van der Waals surface area (Å²) in [4.78, 5) is 23.1. The van der Waals surface area contributed by atoms with Crippen molar-refractivity contribution >= 4 is 50.8 Å². The number of anilines is 1. The number of benzene rings is 2. The summed E-state index contributed by atoms with van der Waals surface area (Å²) in [6, 6.07) is 11.0. The summed E-state index contributed by atoms with van der Waals surface area (Å²) in [5.74, 6) is -1.36. The summed E-state index contributed by atoms with van der Waals surface area (Å²) in [7, 11) is 1.43. The largest absolute Gasteiger partial charge is 0.545 e. The van der Waals surface area contributed by atoms with Crippen molar-refractivity contribution in [1.82, 2.24) is 5.32 Å². The van der Waals surface area contributed by atoms with Gasteiger partial charge in [-0.1, -0.05) is 12.1 Å². The van der Waals surface area contributed by atoms with E-state index in [1.165, 1.54) is 25.3 Å². The van der Waals surface area contributed by atoms with E-state index >= 15 is 0 Å². The van der Waals surface area contributed by atoms with Gasteiger partial charge in [0.25, 0.3) is 5.91 Å². The van der Waals surface area contributed by atoms with Crippen molar-refractivity contribution < 1.29 is 19.4 Å². The lowest BCUT2D eigenvalue weighted by Gasteiger charge is -2.14. The maximum Gasteiger partial charge on any atom is 0.258 e. The van der Waals surface area contributed by atoms with Gasteiger partial charge in [-0.05, 0) is 64.0 Å². The molecule has 0 aliphatic carbocycles. The van der Waals surface area contributed by atoms with Crippen LogP contribution in [0.2, 0.25) is 0 Å². The van der Waals surface area contributed by atoms with Crippen molar-refractivity contribution in [2.24, 2.45) is 0 Å². The zero-order valence-electron chi connectivity index (χ0n) is 12.5. The predicted molar refractivity (Wildman–Crippen MR) is 95.2 cm³/mol. The molecule has 0 atom stereocenters. The zero-order valence-corrected chi connectivity index (χ0v) is 14.9. The lowest BCUT2D eigenvalue weighted by Crippen LogP contribution is -2.34. The minimum absolute atomic E-state index is 0.00421. The molecule has 1 amide bonds. The van der Waals surface area contributed by atoms with E-state index in [1.807, 2.05) is 0 Å². The Morgan fingerprint density at radius 3 is 2.54 bits per heavy atom. The molecule has 0 aliphatic heterocycles. The second-order valence-electron chi connectivity index (χ2n) is 4.59. The van der Waals surface area contributed by atoms with E-state index in [0.29, 0.717) is 21.5 Å². The van der Waals surface area contributed by atoms with E-state index in [0.717, 1.165) is 0 Å². The number of carboxylic acids is 1. The molecule has 6 nitrogen and oxygen atoms in total. The number of thiocarbonyl (C=S) groups is 1. The molecule has 0 fully saturated rings. The molecule has 0 spiro atoms. The number of carbonyl (C=O) groups excluding carboxylic acids is 2. The third-order valence-electron chi connectivity index (χ3n) is 3.03. The first-order valence-electron chi connectivity index (χ1n) is 6.68. The number of methoxy groups -OCH3 is 1. The van der Waals surface area contributed by atoms with Gasteiger partial charge >= 0.3 is 0 Å². The molecule has 2 N–H and O–H groups in total. The van der Waals surface area contributed by atoms with E-state index in [2.05, 4.69) is 26.6 Å². The van der Waals surface area contributed by atoms with Gasteiger partial charge in [0.1, 0.15) is 5.75 Å². The fraction of sp³-hybridized carbons (Fsp3) is 0.0625. The van der Waals surface area contributed by atoms with Gasteiger partial charge in [0.2, 0.25) is 0 Å². The Kier molecular flexibility index (Phi) is 5.88. The average Bonchev–Trinajstić information content (AvgIpc) is 2.54. The van der Waals surface area contributed by atoms with Crippen molar-refractivity contribution in [3.8, 4) is 5.75 Å². The van der Waals surface area contributed by atoms with Gasteiger partial charge in [0, 0.05) is 4.47 Å². The molecule has 124 valence electrons. The van der Waals surface area contributed by atoms with Crippen LogP contribution in [0.1, 0.15) is 20.7 Å². The lowest BCUT2D eigenvalue weighted by molar-refractivity contribution is -0.255. The van der Waals surface area contributed by atoms with Crippen molar-refractivity contribution in [2.75, 3.05) is 12.4 Å². The minimum Gasteiger partial charge on any atom is -0.545 e. The molecule has 0 heterocycles. The molecule has 0 aromatic heterocycles. The molecule has 0 aliphatic rings. The number of ether oxygens (including phenoxy) is 1. The number of halogens is 1. The molecule has 0 saturated heterocycles. The van der Waals surface area contributed by atoms with E-state index in [9.17, 15) is 14.7 Å². The fourth-order valence-corrected chi connectivity index (χ4v) is 2.57. The molecule has 2 aromatic rings. The summed E-state index contributed by atoms with van der Waals surface area (Å²) < 4.78 is 5.76. The number of nitrogens with one attached hydrogen (secondary N) is 2. The summed E-state index contributed by atoms with van der Waals surface area (Å²) in [5.41, 5.74) is 0.673. The highest BCUT2D eigenvalue weighted by molar-refractivity contribution is 9.10. The number of carbonyl (C=O) groups is 2. The first-order chi connectivity index (χ1) is 11.4. The van der Waals surface area contributed by atoms with Gasteiger partial charge in [-0.15, -0.1) is 0 Å². The van der Waals surface area contributed by atoms with Crippen LogP contribution in [-0.4, -0.2) is 24.1 Å². The van der Waals surface area contributed by atoms with Crippen LogP contribution in [-0.2, 0) is 0 Å². The third kappa shape index (κ3) is 4.30. The van der Waals surface area contributed by atoms with Gasteiger partial charge in [-0.2, -0.15) is 0 Å². The molecule has 2 rings (SSSR count). The summed E-state index contributed by atoms with van der Waals surface area (Å²) in [5, 5.41) is 16.2. The van der Waals surface area contributed by atoms with Crippen LogP contribution in [0.5, 0.6) is 5.75 Å². The molecular formula is C16H12BrN2O4S-. The normalized spacial score (nSPS) is 9.92. The van der Waals surface area contributed by atoms with Crippen LogP contribution in [0.25, 0.3) is 0 Å². The van der Waals surface area contributed by atoms with Crippen LogP contribution in [0.4, 0.5) is 5.69 Å². The number of carboxylic acid groups (broad SMARTS) is 1. The van der Waals surface area contributed by atoms with Crippen molar-refractivity contribution in [2.45, 2.75) is 0 Å². The van der Waals surface area contributed by atoms with Crippen LogP contribution < -0.4 is 20.5 Å². The standard InChI is InChI=1S/C16H13BrN2O4S/c1-23-13-7-6-9(15(21)22)8-12(13)18-16(24)19-14(20)10-4-2-3-5-11(10)17/h2-8H,1H3,(H,21,22)(H2,18,19,20,24)/p-1. The fourth-order valence-electron chi connectivity index (χ4n) is 1.90. The van der Waals surface area contributed by atoms with E-state index in [1.54, 1.807) is 24.3 Å². The summed E-state index contributed by atoms with van der Waals surface area (Å²) in [6.45, 7) is 0. The molecule has 8 heteroatoms. The molecule has 2 aromatic carbocycles. The van der Waals surface area contributed by atoms with Crippen molar-refractivity contribution in [3.05, 3.63) is 58.1 Å². The third-order valence-corrected chi connectivity index (χ3v) is 3.92. The SMILES string of the molecule is COc1ccc(C(=O)[O-])cc1NC(=S)NC(=O)c1ccccc1Br. The maximum absolute atomic E-state index is 12.2. The second-order valence-corrected chi connectivity index (χ2v) is 5.85. The Bertz CT molecular complexity index is 810. The molecule has 0 bridgehead atoms. The number of amides is 1. The molecular weight excluding hydrogens is 396 g/mol. The van der Waals surface area contributed by atoms with E-state index in [-0.39, 0.29) is 10.7 Å². The monoisotopic (exact) mass is 407 g/mol. The quantitative estimate of drug-likeness (QED) is 0.752. The van der Waals surface area contributed by atoms with Gasteiger partial charge in [-0.3, -0.25) is 10.1 Å². The Hall–Kier alpha value is -2.45. The first-order valence-corrected chi connectivity index (χ1v) is 7.88. The van der Waals surface area contributed by atoms with Gasteiger partial charge in [0.15, 0.2) is 5.11 Å². The highest BCUT2D eigenvalue weighted by atomic mass is 79.9. The summed E-state index contributed by atoms with van der Waals surface area (Å²) in [6.07, 6.45) is 0. The predicted octanol–water partition coefficient (Wildman–Crippen LogP) is 1.95.